The predicted octanol–water partition coefficient (Wildman–Crippen LogP) is 0.772. The zero-order valence-electron chi connectivity index (χ0n) is 21.0. The van der Waals surface area contributed by atoms with E-state index in [1.807, 2.05) is 20.8 Å². The van der Waals surface area contributed by atoms with Gasteiger partial charge in [0.1, 0.15) is 6.04 Å². The molecule has 35 heavy (non-hydrogen) atoms. The van der Waals surface area contributed by atoms with Crippen molar-refractivity contribution in [3.05, 3.63) is 12.7 Å². The van der Waals surface area contributed by atoms with Crippen LogP contribution in [0.3, 0.4) is 0 Å². The van der Waals surface area contributed by atoms with Crippen molar-refractivity contribution in [3.63, 3.8) is 0 Å². The number of aliphatic carboxylic acids is 1. The Morgan fingerprint density at radius 2 is 2.03 bits per heavy atom. The van der Waals surface area contributed by atoms with Gasteiger partial charge in [-0.3, -0.25) is 19.3 Å². The van der Waals surface area contributed by atoms with Gasteiger partial charge < -0.3 is 24.7 Å². The van der Waals surface area contributed by atoms with E-state index in [-0.39, 0.29) is 35.5 Å². The molecule has 4 saturated heterocycles. The number of hydrogen-bond acceptors (Lipinski definition) is 7. The molecule has 196 valence electrons. The number of aliphatic hydroxyl groups is 1. The number of carbonyl (C=O) groups excluding carboxylic acids is 2. The number of fused-ring (bicyclic) bond motifs is 1. The third-order valence-electron chi connectivity index (χ3n) is 8.47. The van der Waals surface area contributed by atoms with Crippen molar-refractivity contribution >= 4 is 29.5 Å². The molecule has 0 aromatic carbocycles. The number of ether oxygens (including phenoxy) is 1. The summed E-state index contributed by atoms with van der Waals surface area (Å²) in [6.07, 6.45) is 2.37. The quantitative estimate of drug-likeness (QED) is 0.416. The molecule has 2 N–H and O–H groups in total. The van der Waals surface area contributed by atoms with Gasteiger partial charge in [0.2, 0.25) is 11.8 Å². The fraction of sp³-hybridized carbons (Fsp3) is 0.800. The molecule has 7 atom stereocenters. The zero-order chi connectivity index (χ0) is 25.5. The molecular weight excluding hydrogens is 470 g/mol. The second kappa shape index (κ2) is 10.4. The highest BCUT2D eigenvalue weighted by molar-refractivity contribution is 8.02. The second-order valence-corrected chi connectivity index (χ2v) is 12.2. The van der Waals surface area contributed by atoms with E-state index in [9.17, 15) is 24.6 Å². The Kier molecular flexibility index (Phi) is 7.85. The van der Waals surface area contributed by atoms with Gasteiger partial charge in [0.05, 0.1) is 42.4 Å². The van der Waals surface area contributed by atoms with Gasteiger partial charge in [-0.2, -0.15) is 0 Å². The maximum Gasteiger partial charge on any atom is 0.308 e. The third-order valence-corrected chi connectivity index (χ3v) is 10.5. The summed E-state index contributed by atoms with van der Waals surface area (Å²) < 4.78 is 4.63. The number of rotatable bonds is 10. The molecule has 2 bridgehead atoms. The van der Waals surface area contributed by atoms with Gasteiger partial charge in [-0.25, -0.2) is 0 Å². The first-order valence-corrected chi connectivity index (χ1v) is 13.6. The van der Waals surface area contributed by atoms with Gasteiger partial charge >= 0.3 is 5.97 Å². The van der Waals surface area contributed by atoms with Gasteiger partial charge in [-0.1, -0.05) is 26.8 Å². The average Bonchev–Trinajstić information content (AvgIpc) is 3.41. The number of likely N-dealkylation sites (tertiary alicyclic amines) is 1. The van der Waals surface area contributed by atoms with E-state index in [4.69, 9.17) is 4.74 Å². The summed E-state index contributed by atoms with van der Waals surface area (Å²) in [5, 5.41) is 20.2. The van der Waals surface area contributed by atoms with Crippen LogP contribution in [-0.4, -0.2) is 117 Å². The summed E-state index contributed by atoms with van der Waals surface area (Å²) in [5.41, 5.74) is 0. The van der Waals surface area contributed by atoms with Gasteiger partial charge in [-0.05, 0) is 18.3 Å². The zero-order valence-corrected chi connectivity index (χ0v) is 21.8. The van der Waals surface area contributed by atoms with Crippen molar-refractivity contribution in [2.24, 2.45) is 23.7 Å². The number of nitrogens with zero attached hydrogens (tertiary/aromatic N) is 3. The summed E-state index contributed by atoms with van der Waals surface area (Å²) in [4.78, 5) is 46.2. The summed E-state index contributed by atoms with van der Waals surface area (Å²) in [5.74, 6) is -3.07. The first kappa shape index (κ1) is 26.4. The van der Waals surface area contributed by atoms with Crippen molar-refractivity contribution in [1.29, 1.82) is 0 Å². The van der Waals surface area contributed by atoms with Gasteiger partial charge in [-0.15, -0.1) is 18.3 Å². The lowest BCUT2D eigenvalue weighted by atomic mass is 9.66. The smallest absolute Gasteiger partial charge is 0.308 e. The van der Waals surface area contributed by atoms with Crippen LogP contribution in [0, 0.1) is 23.7 Å². The Morgan fingerprint density at radius 1 is 1.34 bits per heavy atom. The molecule has 0 aromatic heterocycles. The fourth-order valence-electron chi connectivity index (χ4n) is 6.71. The molecule has 2 amide bonds. The van der Waals surface area contributed by atoms with Crippen molar-refractivity contribution in [2.75, 3.05) is 52.5 Å². The van der Waals surface area contributed by atoms with E-state index in [2.05, 4.69) is 11.5 Å². The topological polar surface area (TPSA) is 111 Å². The van der Waals surface area contributed by atoms with E-state index in [0.717, 1.165) is 13.1 Å². The van der Waals surface area contributed by atoms with Crippen LogP contribution in [0.15, 0.2) is 12.7 Å². The van der Waals surface area contributed by atoms with E-state index in [0.29, 0.717) is 39.3 Å². The second-order valence-electron chi connectivity index (χ2n) is 10.7. The monoisotopic (exact) mass is 509 g/mol. The summed E-state index contributed by atoms with van der Waals surface area (Å²) in [7, 11) is 0. The fourth-order valence-corrected chi connectivity index (χ4v) is 9.10. The molecule has 10 heteroatoms. The number of carboxylic acid groups (broad SMARTS) is 1. The molecule has 4 fully saturated rings. The number of hydrogen-bond donors (Lipinski definition) is 2. The maximum atomic E-state index is 14.4. The summed E-state index contributed by atoms with van der Waals surface area (Å²) in [6.45, 7) is 13.9. The number of thioether (sulfide) groups is 1. The van der Waals surface area contributed by atoms with Crippen molar-refractivity contribution in [2.45, 2.75) is 49.3 Å². The van der Waals surface area contributed by atoms with Crippen molar-refractivity contribution in [3.8, 4) is 0 Å². The van der Waals surface area contributed by atoms with Crippen LogP contribution in [0.25, 0.3) is 0 Å². The van der Waals surface area contributed by atoms with Crippen LogP contribution < -0.4 is 0 Å². The molecule has 0 aliphatic carbocycles. The predicted molar refractivity (Wildman–Crippen MR) is 133 cm³/mol. The molecule has 0 radical (unpaired) electrons. The van der Waals surface area contributed by atoms with Crippen LogP contribution in [0.2, 0.25) is 0 Å². The van der Waals surface area contributed by atoms with E-state index < -0.39 is 34.6 Å². The standard InChI is InChI=1S/C25H39N3O6S/c1-5-6-27(8-7-26-9-11-34-12-10-26)23(31)21-25-16(4)13-18(35-25)19(24(32)33)20(25)22(30)28(21)17(14-29)15(2)3/h5,15-21,29H,1,6-14H2,2-4H3,(H,32,33)/t16?,17-,18+,19-,20-,21?,25?/m0/s1. The highest BCUT2D eigenvalue weighted by Gasteiger charge is 2.77. The highest BCUT2D eigenvalue weighted by atomic mass is 32.2. The third kappa shape index (κ3) is 4.30. The van der Waals surface area contributed by atoms with Crippen LogP contribution in [0.5, 0.6) is 0 Å². The van der Waals surface area contributed by atoms with Gasteiger partial charge in [0.25, 0.3) is 0 Å². The Hall–Kier alpha value is -1.62. The van der Waals surface area contributed by atoms with Crippen LogP contribution in [0.4, 0.5) is 0 Å². The molecule has 4 aliphatic heterocycles. The Labute approximate surface area is 211 Å². The molecule has 1 spiro atoms. The number of amides is 2. The summed E-state index contributed by atoms with van der Waals surface area (Å²) in [6, 6.07) is -1.36. The molecule has 4 rings (SSSR count). The molecule has 0 aromatic rings. The van der Waals surface area contributed by atoms with E-state index >= 15 is 0 Å². The van der Waals surface area contributed by atoms with Crippen LogP contribution in [0.1, 0.15) is 27.2 Å². The van der Waals surface area contributed by atoms with Crippen LogP contribution >= 0.6 is 11.8 Å². The van der Waals surface area contributed by atoms with Gasteiger partial charge in [0.15, 0.2) is 0 Å². The minimum absolute atomic E-state index is 0.0114. The lowest BCUT2D eigenvalue weighted by Gasteiger charge is -2.43. The van der Waals surface area contributed by atoms with Crippen LogP contribution in [-0.2, 0) is 19.1 Å². The van der Waals surface area contributed by atoms with Crippen molar-refractivity contribution in [1.82, 2.24) is 14.7 Å². The molecule has 4 aliphatic rings. The average molecular weight is 510 g/mol. The molecule has 0 saturated carbocycles. The number of morpholine rings is 1. The Bertz CT molecular complexity index is 849. The van der Waals surface area contributed by atoms with Gasteiger partial charge in [0, 0.05) is 38.0 Å². The number of carbonyl (C=O) groups is 3. The lowest BCUT2D eigenvalue weighted by molar-refractivity contribution is -0.150. The molecular formula is C25H39N3O6S. The normalized spacial score (nSPS) is 35.4. The first-order valence-electron chi connectivity index (χ1n) is 12.7. The number of aliphatic hydroxyl groups excluding tert-OH is 1. The van der Waals surface area contributed by atoms with E-state index in [1.54, 1.807) is 15.9 Å². The van der Waals surface area contributed by atoms with E-state index in [1.165, 1.54) is 11.8 Å². The van der Waals surface area contributed by atoms with Crippen molar-refractivity contribution < 1.29 is 29.3 Å². The molecule has 9 nitrogen and oxygen atoms in total. The highest BCUT2D eigenvalue weighted by Crippen LogP contribution is 2.69. The first-order chi connectivity index (χ1) is 16.7. The summed E-state index contributed by atoms with van der Waals surface area (Å²) >= 11 is 1.53. The largest absolute Gasteiger partial charge is 0.481 e. The molecule has 4 heterocycles. The molecule has 3 unspecified atom stereocenters. The Balaban J connectivity index is 1.71. The SMILES string of the molecule is C=CCN(CCN1CCOCC1)C(=O)C1N([C@@H](CO)C(C)C)C(=O)[C@@H]2[C@@H](C(=O)O)[C@H]3CC(C)C12S3. The maximum absolute atomic E-state index is 14.4. The minimum Gasteiger partial charge on any atom is -0.481 e. The Morgan fingerprint density at radius 3 is 2.60 bits per heavy atom. The lowest BCUT2D eigenvalue weighted by Crippen LogP contribution is -2.60. The minimum atomic E-state index is -0.969. The number of carboxylic acids is 1.